The first-order valence-corrected chi connectivity index (χ1v) is 10.7. The van der Waals surface area contributed by atoms with Crippen LogP contribution in [0, 0.1) is 27.7 Å². The van der Waals surface area contributed by atoms with Crippen LogP contribution in [0.2, 0.25) is 0 Å². The molecule has 1 aliphatic heterocycles. The number of aryl methyl sites for hydroxylation is 4. The number of fused-ring (bicyclic) bond motifs is 1. The van der Waals surface area contributed by atoms with Gasteiger partial charge in [-0.05, 0) is 68.7 Å². The summed E-state index contributed by atoms with van der Waals surface area (Å²) in [5.41, 5.74) is 5.22. The Hall–Kier alpha value is -2.50. The van der Waals surface area contributed by atoms with Crippen LogP contribution in [0.15, 0.2) is 24.3 Å². The lowest BCUT2D eigenvalue weighted by atomic mass is 9.97. The summed E-state index contributed by atoms with van der Waals surface area (Å²) >= 11 is 3.45. The summed E-state index contributed by atoms with van der Waals surface area (Å²) in [6.45, 7) is 8.22. The van der Waals surface area contributed by atoms with Crippen LogP contribution < -0.4 is 0 Å². The van der Waals surface area contributed by atoms with E-state index in [9.17, 15) is 9.59 Å². The van der Waals surface area contributed by atoms with Gasteiger partial charge in [-0.15, -0.1) is 22.7 Å². The molecule has 0 N–H and O–H groups in total. The van der Waals surface area contributed by atoms with E-state index in [1.807, 2.05) is 19.1 Å². The Labute approximate surface area is 172 Å². The summed E-state index contributed by atoms with van der Waals surface area (Å²) in [5, 5.41) is 0. The van der Waals surface area contributed by atoms with E-state index in [1.165, 1.54) is 30.7 Å². The molecule has 1 aromatic carbocycles. The molecule has 3 aromatic rings. The van der Waals surface area contributed by atoms with E-state index in [0.717, 1.165) is 16.0 Å². The van der Waals surface area contributed by atoms with Crippen molar-refractivity contribution in [3.05, 3.63) is 66.7 Å². The number of rotatable bonds is 3. The van der Waals surface area contributed by atoms with Crippen molar-refractivity contribution in [3.63, 3.8) is 0 Å². The molecule has 28 heavy (non-hydrogen) atoms. The lowest BCUT2D eigenvalue weighted by molar-refractivity contribution is 0.0693. The average Bonchev–Trinajstić information content (AvgIpc) is 3.25. The average molecular weight is 408 g/mol. The van der Waals surface area contributed by atoms with E-state index < -0.39 is 0 Å². The van der Waals surface area contributed by atoms with Crippen LogP contribution in [0.25, 0.3) is 22.6 Å². The third kappa shape index (κ3) is 2.95. The number of amides is 2. The van der Waals surface area contributed by atoms with Gasteiger partial charge in [-0.25, -0.2) is 0 Å². The molecule has 0 fully saturated rings. The summed E-state index contributed by atoms with van der Waals surface area (Å²) in [4.78, 5) is 31.1. The molecule has 0 atom stereocenters. The first-order valence-electron chi connectivity index (χ1n) is 9.10. The second kappa shape index (κ2) is 6.83. The molecule has 0 spiro atoms. The maximum Gasteiger partial charge on any atom is 0.261 e. The fourth-order valence-corrected chi connectivity index (χ4v) is 5.66. The molecule has 142 valence electrons. The Balaban J connectivity index is 1.77. The van der Waals surface area contributed by atoms with E-state index in [1.54, 1.807) is 29.7 Å². The van der Waals surface area contributed by atoms with Crippen molar-refractivity contribution in [3.8, 4) is 10.4 Å². The molecule has 2 aromatic heterocycles. The van der Waals surface area contributed by atoms with Crippen LogP contribution >= 0.6 is 22.7 Å². The molecule has 0 aliphatic carbocycles. The highest BCUT2D eigenvalue weighted by Gasteiger charge is 2.36. The second-order valence-corrected chi connectivity index (χ2v) is 9.62. The van der Waals surface area contributed by atoms with Gasteiger partial charge in [0, 0.05) is 32.1 Å². The van der Waals surface area contributed by atoms with Gasteiger partial charge in [0.1, 0.15) is 0 Å². The zero-order valence-electron chi connectivity index (χ0n) is 16.5. The molecule has 3 nitrogen and oxygen atoms in total. The highest BCUT2D eigenvalue weighted by molar-refractivity contribution is 7.16. The molecule has 0 saturated heterocycles. The van der Waals surface area contributed by atoms with Crippen molar-refractivity contribution in [1.82, 2.24) is 4.90 Å². The molecule has 2 amide bonds. The van der Waals surface area contributed by atoms with Gasteiger partial charge in [-0.3, -0.25) is 14.5 Å². The number of carbonyl (C=O) groups is 2. The van der Waals surface area contributed by atoms with E-state index in [0.29, 0.717) is 11.1 Å². The minimum atomic E-state index is -0.216. The molecule has 3 heterocycles. The van der Waals surface area contributed by atoms with Gasteiger partial charge in [0.05, 0.1) is 11.1 Å². The van der Waals surface area contributed by atoms with Gasteiger partial charge in [0.15, 0.2) is 0 Å². The summed E-state index contributed by atoms with van der Waals surface area (Å²) in [7, 11) is 1.55. The lowest BCUT2D eigenvalue weighted by Crippen LogP contribution is -2.24. The van der Waals surface area contributed by atoms with E-state index in [2.05, 4.69) is 45.1 Å². The fourth-order valence-electron chi connectivity index (χ4n) is 3.61. The second-order valence-electron chi connectivity index (χ2n) is 7.24. The normalized spacial score (nSPS) is 13.8. The summed E-state index contributed by atoms with van der Waals surface area (Å²) < 4.78 is 0. The fraction of sp³-hybridized carbons (Fsp3) is 0.217. The quantitative estimate of drug-likeness (QED) is 0.492. The van der Waals surface area contributed by atoms with Crippen LogP contribution in [-0.4, -0.2) is 23.8 Å². The largest absolute Gasteiger partial charge is 0.277 e. The van der Waals surface area contributed by atoms with Crippen LogP contribution in [0.3, 0.4) is 0 Å². The van der Waals surface area contributed by atoms with Gasteiger partial charge in [-0.2, -0.15) is 0 Å². The standard InChI is InChI=1S/C23H21NO2S2/c1-12-6-7-16(21-20(12)22(25)24(5)23(21)26)19-11-14(3)18(28-19)9-8-17-13(2)10-15(4)27-17/h6-11H,1-5H3/b9-8+. The van der Waals surface area contributed by atoms with E-state index in [4.69, 9.17) is 0 Å². The zero-order chi connectivity index (χ0) is 20.2. The predicted octanol–water partition coefficient (Wildman–Crippen LogP) is 6.11. The molecule has 1 aliphatic rings. The monoisotopic (exact) mass is 407 g/mol. The van der Waals surface area contributed by atoms with Crippen molar-refractivity contribution in [2.45, 2.75) is 27.7 Å². The molecule has 0 saturated carbocycles. The first-order chi connectivity index (χ1) is 13.3. The topological polar surface area (TPSA) is 37.4 Å². The van der Waals surface area contributed by atoms with Gasteiger partial charge < -0.3 is 0 Å². The number of hydrogen-bond acceptors (Lipinski definition) is 4. The van der Waals surface area contributed by atoms with Gasteiger partial charge >= 0.3 is 0 Å². The van der Waals surface area contributed by atoms with Crippen LogP contribution in [-0.2, 0) is 0 Å². The molecule has 0 unspecified atom stereocenters. The number of benzene rings is 1. The first kappa shape index (κ1) is 18.8. The molecule has 5 heteroatoms. The van der Waals surface area contributed by atoms with Gasteiger partial charge in [-0.1, -0.05) is 12.1 Å². The van der Waals surface area contributed by atoms with E-state index in [-0.39, 0.29) is 11.8 Å². The van der Waals surface area contributed by atoms with Crippen molar-refractivity contribution in [2.75, 3.05) is 7.05 Å². The predicted molar refractivity (Wildman–Crippen MR) is 118 cm³/mol. The Morgan fingerprint density at radius 2 is 1.39 bits per heavy atom. The van der Waals surface area contributed by atoms with Crippen LogP contribution in [0.5, 0.6) is 0 Å². The number of thiophene rings is 2. The minimum Gasteiger partial charge on any atom is -0.277 e. The number of imide groups is 1. The Morgan fingerprint density at radius 1 is 0.786 bits per heavy atom. The highest BCUT2D eigenvalue weighted by Crippen LogP contribution is 2.39. The maximum atomic E-state index is 12.7. The molecule has 0 radical (unpaired) electrons. The third-order valence-electron chi connectivity index (χ3n) is 5.14. The summed E-state index contributed by atoms with van der Waals surface area (Å²) in [5.74, 6) is -0.428. The summed E-state index contributed by atoms with van der Waals surface area (Å²) in [6.07, 6.45) is 4.31. The molecular formula is C23H21NO2S2. The summed E-state index contributed by atoms with van der Waals surface area (Å²) in [6, 6.07) is 8.20. The highest BCUT2D eigenvalue weighted by atomic mass is 32.1. The lowest BCUT2D eigenvalue weighted by Gasteiger charge is -2.06. The minimum absolute atomic E-state index is 0.212. The van der Waals surface area contributed by atoms with Crippen LogP contribution in [0.4, 0.5) is 0 Å². The SMILES string of the molecule is Cc1cc(C)c(/C=C/c2sc(-c3ccc(C)c4c3C(=O)N(C)C4=O)cc2C)s1. The maximum absolute atomic E-state index is 12.7. The third-order valence-corrected chi connectivity index (χ3v) is 7.49. The van der Waals surface area contributed by atoms with Crippen molar-refractivity contribution < 1.29 is 9.59 Å². The Morgan fingerprint density at radius 3 is 2.04 bits per heavy atom. The molecule has 4 rings (SSSR count). The van der Waals surface area contributed by atoms with Crippen molar-refractivity contribution in [1.29, 1.82) is 0 Å². The van der Waals surface area contributed by atoms with Gasteiger partial charge in [0.2, 0.25) is 0 Å². The van der Waals surface area contributed by atoms with Crippen molar-refractivity contribution in [2.24, 2.45) is 0 Å². The Kier molecular flexibility index (Phi) is 4.60. The van der Waals surface area contributed by atoms with E-state index >= 15 is 0 Å². The number of hydrogen-bond donors (Lipinski definition) is 0. The molecular weight excluding hydrogens is 386 g/mol. The van der Waals surface area contributed by atoms with Crippen molar-refractivity contribution >= 4 is 46.6 Å². The zero-order valence-corrected chi connectivity index (χ0v) is 18.2. The number of nitrogens with zero attached hydrogens (tertiary/aromatic N) is 1. The number of carbonyl (C=O) groups excluding carboxylic acids is 2. The van der Waals surface area contributed by atoms with Gasteiger partial charge in [0.25, 0.3) is 11.8 Å². The Bertz CT molecular complexity index is 1160. The van der Waals surface area contributed by atoms with Crippen LogP contribution in [0.1, 0.15) is 52.0 Å². The molecule has 0 bridgehead atoms. The smallest absolute Gasteiger partial charge is 0.261 e.